The van der Waals surface area contributed by atoms with E-state index in [2.05, 4.69) is 10.3 Å². The second kappa shape index (κ2) is 5.35. The standard InChI is InChI=1S/C11H14N2O5S/c1-5-7(6(14)8(15)16)19-9(12-5)13-10(17)18-11(2,3)4/h1-4H3,(H,15,16)(H,12,13,17). The van der Waals surface area contributed by atoms with Crippen LogP contribution in [0, 0.1) is 6.92 Å². The number of hydrogen-bond donors (Lipinski definition) is 2. The average Bonchev–Trinajstić information content (AvgIpc) is 2.54. The summed E-state index contributed by atoms with van der Waals surface area (Å²) in [6.07, 6.45) is -0.712. The van der Waals surface area contributed by atoms with E-state index in [1.807, 2.05) is 0 Å². The highest BCUT2D eigenvalue weighted by atomic mass is 32.1. The highest BCUT2D eigenvalue weighted by molar-refractivity contribution is 7.18. The number of carboxylic acids is 1. The van der Waals surface area contributed by atoms with E-state index < -0.39 is 23.4 Å². The molecular weight excluding hydrogens is 272 g/mol. The summed E-state index contributed by atoms with van der Waals surface area (Å²) in [5.74, 6) is -2.61. The number of aryl methyl sites for hydroxylation is 1. The van der Waals surface area contributed by atoms with E-state index >= 15 is 0 Å². The number of aromatic nitrogens is 1. The number of thiazole rings is 1. The number of anilines is 1. The van der Waals surface area contributed by atoms with Crippen LogP contribution in [0.4, 0.5) is 9.93 Å². The predicted molar refractivity (Wildman–Crippen MR) is 68.7 cm³/mol. The number of amides is 1. The normalized spacial score (nSPS) is 10.9. The highest BCUT2D eigenvalue weighted by Gasteiger charge is 2.23. The van der Waals surface area contributed by atoms with E-state index in [0.29, 0.717) is 0 Å². The number of nitrogens with zero attached hydrogens (tertiary/aromatic N) is 1. The van der Waals surface area contributed by atoms with Crippen molar-refractivity contribution in [1.82, 2.24) is 4.98 Å². The number of Topliss-reactive ketones (excluding diaryl/α,β-unsaturated/α-hetero) is 1. The fourth-order valence-electron chi connectivity index (χ4n) is 1.15. The van der Waals surface area contributed by atoms with Crippen molar-refractivity contribution >= 4 is 34.3 Å². The van der Waals surface area contributed by atoms with Crippen LogP contribution < -0.4 is 5.32 Å². The molecule has 0 aromatic carbocycles. The zero-order valence-corrected chi connectivity index (χ0v) is 11.8. The first-order chi connectivity index (χ1) is 8.60. The van der Waals surface area contributed by atoms with E-state index in [1.165, 1.54) is 6.92 Å². The maximum atomic E-state index is 11.5. The molecule has 0 radical (unpaired) electrons. The number of ketones is 1. The molecule has 1 heterocycles. The minimum Gasteiger partial charge on any atom is -0.475 e. The van der Waals surface area contributed by atoms with Gasteiger partial charge in [-0.3, -0.25) is 10.1 Å². The molecule has 104 valence electrons. The number of carbonyl (C=O) groups excluding carboxylic acids is 2. The van der Waals surface area contributed by atoms with E-state index in [0.717, 1.165) is 11.3 Å². The van der Waals surface area contributed by atoms with Crippen molar-refractivity contribution in [3.63, 3.8) is 0 Å². The van der Waals surface area contributed by atoms with Gasteiger partial charge in [-0.15, -0.1) is 0 Å². The predicted octanol–water partition coefficient (Wildman–Crippen LogP) is 2.07. The lowest BCUT2D eigenvalue weighted by molar-refractivity contribution is -0.131. The third-order valence-corrected chi connectivity index (χ3v) is 2.88. The fourth-order valence-corrected chi connectivity index (χ4v) is 2.03. The maximum absolute atomic E-state index is 11.5. The molecule has 7 nitrogen and oxygen atoms in total. The third-order valence-electron chi connectivity index (χ3n) is 1.80. The summed E-state index contributed by atoms with van der Waals surface area (Å²) < 4.78 is 5.01. The van der Waals surface area contributed by atoms with Crippen LogP contribution in [0.3, 0.4) is 0 Å². The van der Waals surface area contributed by atoms with Gasteiger partial charge in [-0.05, 0) is 27.7 Å². The third kappa shape index (κ3) is 4.32. The van der Waals surface area contributed by atoms with Crippen molar-refractivity contribution in [2.45, 2.75) is 33.3 Å². The first kappa shape index (κ1) is 15.1. The molecule has 0 saturated heterocycles. The second-order valence-electron chi connectivity index (χ2n) is 4.69. The van der Waals surface area contributed by atoms with Gasteiger partial charge in [0.25, 0.3) is 5.78 Å². The molecule has 0 atom stereocenters. The van der Waals surface area contributed by atoms with Gasteiger partial charge < -0.3 is 9.84 Å². The summed E-state index contributed by atoms with van der Waals surface area (Å²) in [5.41, 5.74) is -0.403. The molecule has 0 spiro atoms. The Balaban J connectivity index is 2.82. The largest absolute Gasteiger partial charge is 0.475 e. The highest BCUT2D eigenvalue weighted by Crippen LogP contribution is 2.23. The molecule has 1 aromatic heterocycles. The van der Waals surface area contributed by atoms with Crippen molar-refractivity contribution in [3.8, 4) is 0 Å². The number of carbonyl (C=O) groups is 3. The van der Waals surface area contributed by atoms with Gasteiger partial charge in [0.2, 0.25) is 0 Å². The van der Waals surface area contributed by atoms with E-state index in [4.69, 9.17) is 9.84 Å². The van der Waals surface area contributed by atoms with Crippen molar-refractivity contribution in [2.75, 3.05) is 5.32 Å². The summed E-state index contributed by atoms with van der Waals surface area (Å²) in [6.45, 7) is 6.62. The van der Waals surface area contributed by atoms with E-state index in [-0.39, 0.29) is 15.7 Å². The van der Waals surface area contributed by atoms with Crippen LogP contribution in [0.15, 0.2) is 0 Å². The maximum Gasteiger partial charge on any atom is 0.413 e. The van der Waals surface area contributed by atoms with Gasteiger partial charge in [-0.2, -0.15) is 0 Å². The summed E-state index contributed by atoms with van der Waals surface area (Å²) in [6, 6.07) is 0. The van der Waals surface area contributed by atoms with Gasteiger partial charge in [0.05, 0.1) is 5.69 Å². The topological polar surface area (TPSA) is 106 Å². The Kier molecular flexibility index (Phi) is 4.25. The lowest BCUT2D eigenvalue weighted by atomic mass is 10.2. The minimum absolute atomic E-state index is 0.0152. The Morgan fingerprint density at radius 1 is 1.32 bits per heavy atom. The Morgan fingerprint density at radius 3 is 2.37 bits per heavy atom. The molecule has 19 heavy (non-hydrogen) atoms. The van der Waals surface area contributed by atoms with Crippen LogP contribution in [-0.2, 0) is 9.53 Å². The van der Waals surface area contributed by atoms with Crippen molar-refractivity contribution < 1.29 is 24.2 Å². The Labute approximate surface area is 113 Å². The summed E-state index contributed by atoms with van der Waals surface area (Å²) in [5, 5.41) is 11.1. The number of aliphatic carboxylic acids is 1. The van der Waals surface area contributed by atoms with Gasteiger partial charge >= 0.3 is 12.1 Å². The van der Waals surface area contributed by atoms with Crippen LogP contribution in [-0.4, -0.2) is 33.5 Å². The summed E-state index contributed by atoms with van der Waals surface area (Å²) in [4.78, 5) is 37.3. The fraction of sp³-hybridized carbons (Fsp3) is 0.455. The molecule has 0 aliphatic rings. The second-order valence-corrected chi connectivity index (χ2v) is 5.69. The van der Waals surface area contributed by atoms with E-state index in [1.54, 1.807) is 20.8 Å². The van der Waals surface area contributed by atoms with Crippen LogP contribution in [0.1, 0.15) is 36.1 Å². The molecule has 8 heteroatoms. The molecule has 1 aromatic rings. The number of hydrogen-bond acceptors (Lipinski definition) is 6. The van der Waals surface area contributed by atoms with Crippen molar-refractivity contribution in [2.24, 2.45) is 0 Å². The quantitative estimate of drug-likeness (QED) is 0.651. The van der Waals surface area contributed by atoms with Gasteiger partial charge in [0, 0.05) is 0 Å². The van der Waals surface area contributed by atoms with Gasteiger partial charge in [-0.25, -0.2) is 14.6 Å². The average molecular weight is 286 g/mol. The van der Waals surface area contributed by atoms with Crippen molar-refractivity contribution in [3.05, 3.63) is 10.6 Å². The Morgan fingerprint density at radius 2 is 1.89 bits per heavy atom. The molecule has 2 N–H and O–H groups in total. The summed E-state index contributed by atoms with van der Waals surface area (Å²) in [7, 11) is 0. The summed E-state index contributed by atoms with van der Waals surface area (Å²) >= 11 is 0.797. The monoisotopic (exact) mass is 286 g/mol. The van der Waals surface area contributed by atoms with Crippen LogP contribution >= 0.6 is 11.3 Å². The number of carboxylic acid groups (broad SMARTS) is 1. The molecule has 0 bridgehead atoms. The van der Waals surface area contributed by atoms with Gasteiger partial charge in [0.15, 0.2) is 5.13 Å². The number of nitrogens with one attached hydrogen (secondary N) is 1. The molecule has 0 aliphatic heterocycles. The number of ether oxygens (including phenoxy) is 1. The van der Waals surface area contributed by atoms with E-state index in [9.17, 15) is 14.4 Å². The van der Waals surface area contributed by atoms with Crippen LogP contribution in [0.25, 0.3) is 0 Å². The lowest BCUT2D eigenvalue weighted by Gasteiger charge is -2.18. The zero-order chi connectivity index (χ0) is 14.8. The zero-order valence-electron chi connectivity index (χ0n) is 10.9. The molecule has 0 fully saturated rings. The molecule has 1 rings (SSSR count). The smallest absolute Gasteiger partial charge is 0.413 e. The first-order valence-electron chi connectivity index (χ1n) is 5.35. The van der Waals surface area contributed by atoms with Crippen molar-refractivity contribution in [1.29, 1.82) is 0 Å². The first-order valence-corrected chi connectivity index (χ1v) is 6.17. The van der Waals surface area contributed by atoms with Gasteiger partial charge in [0.1, 0.15) is 10.5 Å². The molecular formula is C11H14N2O5S. The van der Waals surface area contributed by atoms with Crippen LogP contribution in [0.5, 0.6) is 0 Å². The Bertz CT molecular complexity index is 530. The molecule has 1 amide bonds. The van der Waals surface area contributed by atoms with Crippen LogP contribution in [0.2, 0.25) is 0 Å². The SMILES string of the molecule is Cc1nc(NC(=O)OC(C)(C)C)sc1C(=O)C(=O)O. The van der Waals surface area contributed by atoms with Gasteiger partial charge in [-0.1, -0.05) is 11.3 Å². The molecule has 0 saturated carbocycles. The number of rotatable bonds is 3. The minimum atomic E-state index is -1.56. The molecule has 0 unspecified atom stereocenters. The molecule has 0 aliphatic carbocycles. The Hall–Kier alpha value is -1.96. The lowest BCUT2D eigenvalue weighted by Crippen LogP contribution is -2.27.